The summed E-state index contributed by atoms with van der Waals surface area (Å²) in [6, 6.07) is 0.432. The van der Waals surface area contributed by atoms with Gasteiger partial charge in [-0.2, -0.15) is 5.10 Å². The summed E-state index contributed by atoms with van der Waals surface area (Å²) in [5.41, 5.74) is 0.707. The molecule has 2 amide bonds. The third-order valence-electron chi connectivity index (χ3n) is 7.40. The Labute approximate surface area is 224 Å². The van der Waals surface area contributed by atoms with Crippen LogP contribution < -0.4 is 16.0 Å². The average molecular weight is 567 g/mol. The van der Waals surface area contributed by atoms with E-state index in [1.807, 2.05) is 0 Å². The van der Waals surface area contributed by atoms with Crippen LogP contribution in [-0.4, -0.2) is 48.3 Å². The lowest BCUT2D eigenvalue weighted by Crippen LogP contribution is -2.50. The molecule has 3 aliphatic rings. The quantitative estimate of drug-likeness (QED) is 0.349. The minimum Gasteiger partial charge on any atom is -0.349 e. The van der Waals surface area contributed by atoms with Gasteiger partial charge < -0.3 is 16.0 Å². The number of fused-ring (bicyclic) bond motifs is 1. The van der Waals surface area contributed by atoms with Gasteiger partial charge in [0.15, 0.2) is 0 Å². The van der Waals surface area contributed by atoms with Crippen LogP contribution in [-0.2, 0) is 24.7 Å². The Morgan fingerprint density at radius 3 is 2.64 bits per heavy atom. The van der Waals surface area contributed by atoms with Crippen LogP contribution in [0.25, 0.3) is 0 Å². The smallest absolute Gasteiger partial charge is 0.282 e. The monoisotopic (exact) mass is 566 g/mol. The summed E-state index contributed by atoms with van der Waals surface area (Å²) in [7, 11) is 1.54. The zero-order valence-electron chi connectivity index (χ0n) is 20.9. The fraction of sp³-hybridized carbons (Fsp3) is 0.542. The first-order valence-corrected chi connectivity index (χ1v) is 13.5. The van der Waals surface area contributed by atoms with Gasteiger partial charge in [0.2, 0.25) is 11.9 Å². The van der Waals surface area contributed by atoms with Crippen molar-refractivity contribution in [2.45, 2.75) is 69.4 Å². The van der Waals surface area contributed by atoms with E-state index in [2.05, 4.69) is 31.2 Å². The Hall–Kier alpha value is -3.49. The van der Waals surface area contributed by atoms with Crippen LogP contribution in [0.2, 0.25) is 0 Å². The van der Waals surface area contributed by atoms with E-state index in [1.165, 1.54) is 35.5 Å². The van der Waals surface area contributed by atoms with Crippen LogP contribution in [0.15, 0.2) is 12.4 Å². The molecule has 3 aromatic rings. The number of halogens is 4. The van der Waals surface area contributed by atoms with Gasteiger partial charge in [0.05, 0.1) is 5.56 Å². The Kier molecular flexibility index (Phi) is 6.35. The van der Waals surface area contributed by atoms with Gasteiger partial charge in [-0.3, -0.25) is 18.8 Å². The van der Waals surface area contributed by atoms with Crippen molar-refractivity contribution in [1.82, 2.24) is 29.9 Å². The molecule has 208 valence electrons. The fourth-order valence-corrected chi connectivity index (χ4v) is 6.38. The molecule has 0 spiro atoms. The topological polar surface area (TPSA) is 119 Å². The summed E-state index contributed by atoms with van der Waals surface area (Å²) in [6.45, 7) is 0. The van der Waals surface area contributed by atoms with Crippen LogP contribution in [0.5, 0.6) is 0 Å². The number of nitrogens with one attached hydrogen (secondary N) is 3. The van der Waals surface area contributed by atoms with Crippen LogP contribution in [0.4, 0.5) is 34.3 Å². The molecule has 0 bridgehead atoms. The third-order valence-corrected chi connectivity index (χ3v) is 8.61. The molecule has 3 aromatic heterocycles. The number of carbonyl (C=O) groups is 2. The number of alkyl halides is 4. The molecule has 1 atom stereocenters. The van der Waals surface area contributed by atoms with Gasteiger partial charge in [-0.25, -0.2) is 17.6 Å². The summed E-state index contributed by atoms with van der Waals surface area (Å²) >= 11 is 1.35. The lowest BCUT2D eigenvalue weighted by molar-refractivity contribution is -0.117. The maximum atomic E-state index is 13.4. The Bertz CT molecular complexity index is 1420. The average Bonchev–Trinajstić information content (AvgIpc) is 3.35. The number of aromatic nitrogens is 5. The molecule has 3 heterocycles. The lowest BCUT2D eigenvalue weighted by Gasteiger charge is -2.35. The van der Waals surface area contributed by atoms with E-state index >= 15 is 0 Å². The summed E-state index contributed by atoms with van der Waals surface area (Å²) in [5.74, 6) is -2.82. The minimum absolute atomic E-state index is 0.0682. The number of aryl methyl sites for hydroxylation is 2. The first kappa shape index (κ1) is 25.8. The van der Waals surface area contributed by atoms with E-state index in [4.69, 9.17) is 0 Å². The first-order valence-electron chi connectivity index (χ1n) is 12.7. The highest BCUT2D eigenvalue weighted by Crippen LogP contribution is 2.43. The van der Waals surface area contributed by atoms with E-state index in [-0.39, 0.29) is 23.6 Å². The van der Waals surface area contributed by atoms with E-state index in [1.54, 1.807) is 4.57 Å². The Balaban J connectivity index is 1.26. The van der Waals surface area contributed by atoms with Crippen molar-refractivity contribution in [2.75, 3.05) is 10.6 Å². The number of amides is 2. The Morgan fingerprint density at radius 2 is 1.97 bits per heavy atom. The predicted molar refractivity (Wildman–Crippen MR) is 134 cm³/mol. The van der Waals surface area contributed by atoms with Crippen molar-refractivity contribution >= 4 is 39.9 Å². The van der Waals surface area contributed by atoms with E-state index in [9.17, 15) is 27.2 Å². The van der Waals surface area contributed by atoms with Crippen LogP contribution >= 0.6 is 11.3 Å². The lowest BCUT2D eigenvalue weighted by atomic mass is 9.87. The van der Waals surface area contributed by atoms with Gasteiger partial charge in [-0.05, 0) is 37.7 Å². The predicted octanol–water partition coefficient (Wildman–Crippen LogP) is 4.36. The minimum atomic E-state index is -2.78. The highest BCUT2D eigenvalue weighted by atomic mass is 32.1. The van der Waals surface area contributed by atoms with E-state index in [0.29, 0.717) is 41.6 Å². The molecule has 0 aliphatic heterocycles. The number of hydrogen-bond donors (Lipinski definition) is 3. The second-order valence-corrected chi connectivity index (χ2v) is 11.5. The molecule has 10 nitrogen and oxygen atoms in total. The normalized spacial score (nSPS) is 20.4. The van der Waals surface area contributed by atoms with Gasteiger partial charge in [0.25, 0.3) is 18.3 Å². The number of nitrogens with zero attached hydrogens (tertiary/aromatic N) is 5. The molecule has 0 unspecified atom stereocenters. The number of rotatable bonds is 8. The zero-order chi connectivity index (χ0) is 27.5. The van der Waals surface area contributed by atoms with Crippen LogP contribution in [0.1, 0.15) is 71.1 Å². The van der Waals surface area contributed by atoms with E-state index < -0.39 is 37.1 Å². The second kappa shape index (κ2) is 9.61. The largest absolute Gasteiger partial charge is 0.349 e. The van der Waals surface area contributed by atoms with Gasteiger partial charge in [-0.1, -0.05) is 0 Å². The molecule has 2 fully saturated rings. The highest BCUT2D eigenvalue weighted by molar-refractivity contribution is 7.17. The fourth-order valence-electron chi connectivity index (χ4n) is 5.14. The van der Waals surface area contributed by atoms with Crippen molar-refractivity contribution in [3.8, 4) is 0 Å². The molecule has 39 heavy (non-hydrogen) atoms. The van der Waals surface area contributed by atoms with Crippen LogP contribution in [0, 0.1) is 5.92 Å². The summed E-state index contributed by atoms with van der Waals surface area (Å²) in [6.07, 6.45) is 1.31. The maximum Gasteiger partial charge on any atom is 0.282 e. The van der Waals surface area contributed by atoms with Gasteiger partial charge >= 0.3 is 0 Å². The van der Waals surface area contributed by atoms with Gasteiger partial charge in [-0.15, -0.1) is 21.5 Å². The number of thiophene rings is 1. The molecular weight excluding hydrogens is 540 g/mol. The Morgan fingerprint density at radius 1 is 1.21 bits per heavy atom. The molecule has 6 rings (SSSR count). The molecule has 2 saturated carbocycles. The van der Waals surface area contributed by atoms with Crippen molar-refractivity contribution in [3.63, 3.8) is 0 Å². The SMILES string of the molecule is Cn1nc(C(F)F)cc1Nc1nncn1[C@H]1CCc2sc(NC(=O)C3CC3)c(C(=O)NC3CC(F)(F)C3)c2C1. The third kappa shape index (κ3) is 5.11. The van der Waals surface area contributed by atoms with Gasteiger partial charge in [0.1, 0.15) is 22.8 Å². The van der Waals surface area contributed by atoms with Crippen molar-refractivity contribution in [1.29, 1.82) is 0 Å². The van der Waals surface area contributed by atoms with E-state index in [0.717, 1.165) is 23.3 Å². The molecule has 3 N–H and O–H groups in total. The maximum absolute atomic E-state index is 13.4. The van der Waals surface area contributed by atoms with Crippen molar-refractivity contribution in [3.05, 3.63) is 34.1 Å². The summed E-state index contributed by atoms with van der Waals surface area (Å²) < 4.78 is 56.1. The molecule has 3 aliphatic carbocycles. The second-order valence-electron chi connectivity index (χ2n) is 10.4. The number of carbonyl (C=O) groups excluding carboxylic acids is 2. The molecule has 0 aromatic carbocycles. The molecule has 0 saturated heterocycles. The molecule has 15 heteroatoms. The zero-order valence-corrected chi connectivity index (χ0v) is 21.7. The van der Waals surface area contributed by atoms with Crippen molar-refractivity contribution < 1.29 is 27.2 Å². The number of anilines is 3. The standard InChI is InChI=1S/C24H26F4N8O2S/c1-35-17(7-15(34-35)19(25)26)31-23-33-29-10-36(23)13-4-5-16-14(6-13)18(21(38)30-12-8-24(27,28)9-12)22(39-16)32-20(37)11-2-3-11/h7,10-13,19H,2-6,8-9H2,1H3,(H,30,38)(H,31,33)(H,32,37)/t13-/m0/s1. The summed E-state index contributed by atoms with van der Waals surface area (Å²) in [5, 5.41) is 21.0. The van der Waals surface area contributed by atoms with Gasteiger partial charge in [0, 0.05) is 48.8 Å². The van der Waals surface area contributed by atoms with Crippen molar-refractivity contribution in [2.24, 2.45) is 13.0 Å². The summed E-state index contributed by atoms with van der Waals surface area (Å²) in [4.78, 5) is 26.9. The highest BCUT2D eigenvalue weighted by Gasteiger charge is 2.46. The first-order chi connectivity index (χ1) is 18.6. The van der Waals surface area contributed by atoms with Crippen LogP contribution in [0.3, 0.4) is 0 Å². The molecular formula is C24H26F4N8O2S. The number of hydrogen-bond acceptors (Lipinski definition) is 7. The molecule has 0 radical (unpaired) electrons.